The number of aromatic nitrogens is 1. The van der Waals surface area contributed by atoms with Gasteiger partial charge in [0.25, 0.3) is 0 Å². The Hall–Kier alpha value is -0.230. The molecule has 0 aliphatic heterocycles. The molecule has 0 radical (unpaired) electrons. The van der Waals surface area contributed by atoms with E-state index < -0.39 is 6.10 Å². The molecular weight excluding hydrogens is 354 g/mol. The lowest BCUT2D eigenvalue weighted by molar-refractivity contribution is 0.179. The van der Waals surface area contributed by atoms with Gasteiger partial charge in [-0.15, -0.1) is 11.3 Å². The first-order valence-corrected chi connectivity index (χ1v) is 7.13. The zero-order valence-corrected chi connectivity index (χ0v) is 12.2. The molecule has 1 N–H and O–H groups in total. The van der Waals surface area contributed by atoms with Crippen molar-refractivity contribution in [3.8, 4) is 0 Å². The summed E-state index contributed by atoms with van der Waals surface area (Å²) in [5.41, 5.74) is 2.67. The largest absolute Gasteiger partial charge is 0.388 e. The number of aliphatic hydroxyl groups is 1. The van der Waals surface area contributed by atoms with E-state index in [2.05, 4.69) is 36.8 Å². The van der Waals surface area contributed by atoms with Crippen molar-refractivity contribution in [1.82, 2.24) is 4.98 Å². The molecular formula is C11H9Br2NOS. The minimum Gasteiger partial charge on any atom is -0.388 e. The van der Waals surface area contributed by atoms with Crippen molar-refractivity contribution in [3.05, 3.63) is 49.3 Å². The third-order valence-corrected chi connectivity index (χ3v) is 3.87. The number of nitrogens with zero attached hydrogens (tertiary/aromatic N) is 1. The second-order valence-electron chi connectivity index (χ2n) is 3.39. The Morgan fingerprint density at radius 2 is 1.94 bits per heavy atom. The fourth-order valence-electron chi connectivity index (χ4n) is 1.42. The second-order valence-corrected chi connectivity index (χ2v) is 6.19. The number of benzene rings is 1. The second kappa shape index (κ2) is 5.40. The number of thiazole rings is 1. The van der Waals surface area contributed by atoms with Crippen molar-refractivity contribution in [2.45, 2.75) is 12.5 Å². The highest BCUT2D eigenvalue weighted by atomic mass is 79.9. The Morgan fingerprint density at radius 1 is 1.25 bits per heavy atom. The van der Waals surface area contributed by atoms with Crippen molar-refractivity contribution >= 4 is 43.2 Å². The maximum absolute atomic E-state index is 10.1. The van der Waals surface area contributed by atoms with Crippen molar-refractivity contribution in [3.63, 3.8) is 0 Å². The van der Waals surface area contributed by atoms with Gasteiger partial charge in [-0.05, 0) is 23.8 Å². The molecule has 2 nitrogen and oxygen atoms in total. The number of hydrogen-bond donors (Lipinski definition) is 1. The summed E-state index contributed by atoms with van der Waals surface area (Å²) < 4.78 is 1.92. The molecule has 0 saturated carbocycles. The van der Waals surface area contributed by atoms with E-state index in [1.54, 1.807) is 23.0 Å². The summed E-state index contributed by atoms with van der Waals surface area (Å²) in [6, 6.07) is 5.80. The van der Waals surface area contributed by atoms with Crippen LogP contribution in [-0.2, 0) is 6.42 Å². The molecule has 1 unspecified atom stereocenters. The van der Waals surface area contributed by atoms with E-state index in [0.29, 0.717) is 6.42 Å². The van der Waals surface area contributed by atoms with Crippen LogP contribution in [0.3, 0.4) is 0 Å². The summed E-state index contributed by atoms with van der Waals surface area (Å²) in [5.74, 6) is 0. The molecule has 0 aliphatic carbocycles. The Morgan fingerprint density at radius 3 is 2.50 bits per heavy atom. The van der Waals surface area contributed by atoms with Crippen molar-refractivity contribution in [1.29, 1.82) is 0 Å². The van der Waals surface area contributed by atoms with E-state index in [1.165, 1.54) is 0 Å². The Bertz CT molecular complexity index is 453. The average Bonchev–Trinajstić information content (AvgIpc) is 2.68. The van der Waals surface area contributed by atoms with Crippen molar-refractivity contribution < 1.29 is 5.11 Å². The molecule has 0 spiro atoms. The highest BCUT2D eigenvalue weighted by molar-refractivity contribution is 9.11. The first-order valence-electron chi connectivity index (χ1n) is 4.66. The van der Waals surface area contributed by atoms with Gasteiger partial charge >= 0.3 is 0 Å². The molecule has 2 rings (SSSR count). The fraction of sp³-hybridized carbons (Fsp3) is 0.182. The first kappa shape index (κ1) is 12.2. The topological polar surface area (TPSA) is 33.1 Å². The summed E-state index contributed by atoms with van der Waals surface area (Å²) >= 11 is 8.38. The van der Waals surface area contributed by atoms with Gasteiger partial charge in [0, 0.05) is 26.4 Å². The van der Waals surface area contributed by atoms with Gasteiger partial charge < -0.3 is 5.11 Å². The minimum absolute atomic E-state index is 0.491. The Labute approximate surface area is 115 Å². The molecule has 2 aromatic rings. The predicted molar refractivity (Wildman–Crippen MR) is 72.6 cm³/mol. The van der Waals surface area contributed by atoms with E-state index in [1.807, 2.05) is 18.2 Å². The van der Waals surface area contributed by atoms with Crippen LogP contribution >= 0.6 is 43.2 Å². The normalized spacial score (nSPS) is 12.7. The number of rotatable bonds is 3. The quantitative estimate of drug-likeness (QED) is 0.896. The van der Waals surface area contributed by atoms with Gasteiger partial charge in [-0.1, -0.05) is 31.9 Å². The summed E-state index contributed by atoms with van der Waals surface area (Å²) in [6.45, 7) is 0. The van der Waals surface area contributed by atoms with E-state index in [-0.39, 0.29) is 0 Å². The molecule has 5 heteroatoms. The SMILES string of the molecule is OC(Cc1cncs1)c1cc(Br)cc(Br)c1. The van der Waals surface area contributed by atoms with E-state index >= 15 is 0 Å². The molecule has 1 heterocycles. The lowest BCUT2D eigenvalue weighted by Gasteiger charge is -2.10. The molecule has 1 atom stereocenters. The third kappa shape index (κ3) is 3.13. The molecule has 1 aromatic heterocycles. The molecule has 0 saturated heterocycles. The molecule has 84 valence electrons. The molecule has 1 aromatic carbocycles. The summed E-state index contributed by atoms with van der Waals surface area (Å²) in [4.78, 5) is 5.08. The van der Waals surface area contributed by atoms with Crippen LogP contribution in [-0.4, -0.2) is 10.1 Å². The van der Waals surface area contributed by atoms with Gasteiger partial charge in [-0.2, -0.15) is 0 Å². The van der Waals surface area contributed by atoms with Gasteiger partial charge in [-0.25, -0.2) is 0 Å². The predicted octanol–water partition coefficient (Wildman–Crippen LogP) is 3.94. The number of hydrogen-bond acceptors (Lipinski definition) is 3. The maximum atomic E-state index is 10.1. The summed E-state index contributed by atoms with van der Waals surface area (Å²) in [6.07, 6.45) is 1.91. The monoisotopic (exact) mass is 361 g/mol. The Kier molecular flexibility index (Phi) is 4.13. The van der Waals surface area contributed by atoms with Crippen molar-refractivity contribution in [2.75, 3.05) is 0 Å². The van der Waals surface area contributed by atoms with Gasteiger partial charge in [0.2, 0.25) is 0 Å². The highest BCUT2D eigenvalue weighted by Gasteiger charge is 2.10. The van der Waals surface area contributed by atoms with Crippen LogP contribution < -0.4 is 0 Å². The van der Waals surface area contributed by atoms with E-state index in [4.69, 9.17) is 0 Å². The summed E-state index contributed by atoms with van der Waals surface area (Å²) in [5, 5.41) is 10.1. The average molecular weight is 363 g/mol. The van der Waals surface area contributed by atoms with Crippen LogP contribution in [0.25, 0.3) is 0 Å². The molecule has 0 amide bonds. The zero-order chi connectivity index (χ0) is 11.5. The van der Waals surface area contributed by atoms with E-state index in [0.717, 1.165) is 19.4 Å². The van der Waals surface area contributed by atoms with Gasteiger partial charge in [0.15, 0.2) is 0 Å². The van der Waals surface area contributed by atoms with Gasteiger partial charge in [0.1, 0.15) is 0 Å². The lowest BCUT2D eigenvalue weighted by Crippen LogP contribution is -2.00. The molecule has 0 bridgehead atoms. The van der Waals surface area contributed by atoms with Crippen LogP contribution in [0, 0.1) is 0 Å². The standard InChI is InChI=1S/C11H9Br2NOS/c12-8-1-7(2-9(13)3-8)11(15)4-10-5-14-6-16-10/h1-3,5-6,11,15H,4H2. The van der Waals surface area contributed by atoms with Gasteiger partial charge in [-0.3, -0.25) is 4.98 Å². The molecule has 0 aliphatic rings. The molecule has 16 heavy (non-hydrogen) atoms. The third-order valence-electron chi connectivity index (χ3n) is 2.15. The number of aliphatic hydroxyl groups excluding tert-OH is 1. The lowest BCUT2D eigenvalue weighted by atomic mass is 10.1. The van der Waals surface area contributed by atoms with Crippen LogP contribution in [0.15, 0.2) is 38.9 Å². The van der Waals surface area contributed by atoms with Gasteiger partial charge in [0.05, 0.1) is 11.6 Å². The smallest absolute Gasteiger partial charge is 0.0839 e. The van der Waals surface area contributed by atoms with Crippen molar-refractivity contribution in [2.24, 2.45) is 0 Å². The van der Waals surface area contributed by atoms with Crippen LogP contribution in [0.2, 0.25) is 0 Å². The maximum Gasteiger partial charge on any atom is 0.0839 e. The minimum atomic E-state index is -0.491. The van der Waals surface area contributed by atoms with E-state index in [9.17, 15) is 5.11 Å². The highest BCUT2D eigenvalue weighted by Crippen LogP contribution is 2.26. The van der Waals surface area contributed by atoms with Crippen LogP contribution in [0.4, 0.5) is 0 Å². The van der Waals surface area contributed by atoms with Crippen LogP contribution in [0.5, 0.6) is 0 Å². The molecule has 0 fully saturated rings. The Balaban J connectivity index is 2.17. The fourth-order valence-corrected chi connectivity index (χ4v) is 3.38. The first-order chi connectivity index (χ1) is 7.65. The number of halogens is 2. The summed E-state index contributed by atoms with van der Waals surface area (Å²) in [7, 11) is 0. The zero-order valence-electron chi connectivity index (χ0n) is 8.23. The van der Waals surface area contributed by atoms with Crippen LogP contribution in [0.1, 0.15) is 16.5 Å².